The number of hydrogen-bond donors (Lipinski definition) is 2. The van der Waals surface area contributed by atoms with Crippen LogP contribution in [0, 0.1) is 11.8 Å². The van der Waals surface area contributed by atoms with Crippen LogP contribution in [-0.2, 0) is 4.79 Å². The van der Waals surface area contributed by atoms with Crippen molar-refractivity contribution in [3.63, 3.8) is 0 Å². The summed E-state index contributed by atoms with van der Waals surface area (Å²) in [5, 5.41) is 5.99. The summed E-state index contributed by atoms with van der Waals surface area (Å²) in [5.74, 6) is 1.81. The van der Waals surface area contributed by atoms with Gasteiger partial charge in [-0.15, -0.1) is 0 Å². The quantitative estimate of drug-likeness (QED) is 0.752. The van der Waals surface area contributed by atoms with Gasteiger partial charge in [-0.2, -0.15) is 0 Å². The van der Waals surface area contributed by atoms with Crippen LogP contribution in [0.25, 0.3) is 0 Å². The zero-order valence-electron chi connectivity index (χ0n) is 10.9. The Morgan fingerprint density at radius 2 is 1.81 bits per heavy atom. The molecule has 3 heteroatoms. The average molecular weight is 226 g/mol. The zero-order chi connectivity index (χ0) is 12.0. The van der Waals surface area contributed by atoms with Crippen LogP contribution in [0.1, 0.15) is 46.0 Å². The van der Waals surface area contributed by atoms with Gasteiger partial charge < -0.3 is 10.6 Å². The third-order valence-electron chi connectivity index (χ3n) is 3.90. The van der Waals surface area contributed by atoms with Gasteiger partial charge in [0.1, 0.15) is 0 Å². The van der Waals surface area contributed by atoms with E-state index in [4.69, 9.17) is 0 Å². The van der Waals surface area contributed by atoms with Crippen molar-refractivity contribution in [2.75, 3.05) is 13.6 Å². The standard InChI is InChI=1S/C13H26N2O/c1-4-11-5-7-12(8-6-11)9-15-10(2)13(16)14-3/h10-12,15H,4-9H2,1-3H3,(H,14,16). The molecule has 3 nitrogen and oxygen atoms in total. The van der Waals surface area contributed by atoms with Gasteiger partial charge in [-0.05, 0) is 38.1 Å². The van der Waals surface area contributed by atoms with Gasteiger partial charge in [-0.1, -0.05) is 26.2 Å². The Bertz CT molecular complexity index is 210. The fourth-order valence-corrected chi connectivity index (χ4v) is 2.50. The highest BCUT2D eigenvalue weighted by atomic mass is 16.2. The monoisotopic (exact) mass is 226 g/mol. The molecule has 1 atom stereocenters. The topological polar surface area (TPSA) is 41.1 Å². The molecule has 16 heavy (non-hydrogen) atoms. The molecular weight excluding hydrogens is 200 g/mol. The lowest BCUT2D eigenvalue weighted by molar-refractivity contribution is -0.122. The van der Waals surface area contributed by atoms with Crippen LogP contribution in [-0.4, -0.2) is 25.5 Å². The molecule has 0 saturated heterocycles. The first-order chi connectivity index (χ1) is 7.67. The van der Waals surface area contributed by atoms with Gasteiger partial charge in [0.2, 0.25) is 5.91 Å². The number of carbonyl (C=O) groups is 1. The highest BCUT2D eigenvalue weighted by Gasteiger charge is 2.20. The first kappa shape index (κ1) is 13.5. The van der Waals surface area contributed by atoms with E-state index in [1.165, 1.54) is 32.1 Å². The van der Waals surface area contributed by atoms with Crippen molar-refractivity contribution in [1.29, 1.82) is 0 Å². The van der Waals surface area contributed by atoms with Crippen molar-refractivity contribution < 1.29 is 4.79 Å². The van der Waals surface area contributed by atoms with E-state index in [1.54, 1.807) is 7.05 Å². The van der Waals surface area contributed by atoms with Crippen LogP contribution in [0.4, 0.5) is 0 Å². The average Bonchev–Trinajstić information content (AvgIpc) is 2.35. The van der Waals surface area contributed by atoms with Crippen LogP contribution >= 0.6 is 0 Å². The van der Waals surface area contributed by atoms with Crippen molar-refractivity contribution in [1.82, 2.24) is 10.6 Å². The highest BCUT2D eigenvalue weighted by molar-refractivity contribution is 5.80. The zero-order valence-corrected chi connectivity index (χ0v) is 10.9. The minimum atomic E-state index is -0.0612. The fraction of sp³-hybridized carbons (Fsp3) is 0.923. The minimum Gasteiger partial charge on any atom is -0.358 e. The Labute approximate surface area is 99.4 Å². The molecule has 2 N–H and O–H groups in total. The number of hydrogen-bond acceptors (Lipinski definition) is 2. The normalized spacial score (nSPS) is 27.4. The molecule has 94 valence electrons. The first-order valence-corrected chi connectivity index (χ1v) is 6.62. The second kappa shape index (κ2) is 6.89. The first-order valence-electron chi connectivity index (χ1n) is 6.62. The Hall–Kier alpha value is -0.570. The lowest BCUT2D eigenvalue weighted by Gasteiger charge is -2.28. The van der Waals surface area contributed by atoms with E-state index < -0.39 is 0 Å². The summed E-state index contributed by atoms with van der Waals surface area (Å²) in [4.78, 5) is 11.3. The van der Waals surface area contributed by atoms with E-state index in [1.807, 2.05) is 6.92 Å². The predicted molar refractivity (Wildman–Crippen MR) is 67.3 cm³/mol. The Morgan fingerprint density at radius 1 is 1.25 bits per heavy atom. The van der Waals surface area contributed by atoms with E-state index in [0.717, 1.165) is 18.4 Å². The largest absolute Gasteiger partial charge is 0.358 e. The van der Waals surface area contributed by atoms with Crippen molar-refractivity contribution in [3.8, 4) is 0 Å². The second-order valence-corrected chi connectivity index (χ2v) is 5.04. The van der Waals surface area contributed by atoms with E-state index in [0.29, 0.717) is 0 Å². The summed E-state index contributed by atoms with van der Waals surface area (Å²) in [6, 6.07) is -0.0612. The summed E-state index contributed by atoms with van der Waals surface area (Å²) in [5.41, 5.74) is 0. The van der Waals surface area contributed by atoms with Crippen LogP contribution < -0.4 is 10.6 Å². The fourth-order valence-electron chi connectivity index (χ4n) is 2.50. The van der Waals surface area contributed by atoms with Gasteiger partial charge in [0.05, 0.1) is 6.04 Å². The molecule has 0 bridgehead atoms. The van der Waals surface area contributed by atoms with Gasteiger partial charge in [0.25, 0.3) is 0 Å². The van der Waals surface area contributed by atoms with Gasteiger partial charge in [-0.3, -0.25) is 4.79 Å². The van der Waals surface area contributed by atoms with E-state index in [2.05, 4.69) is 17.6 Å². The summed E-state index contributed by atoms with van der Waals surface area (Å²) in [6.45, 7) is 5.21. The molecule has 1 saturated carbocycles. The molecule has 0 spiro atoms. The van der Waals surface area contributed by atoms with Gasteiger partial charge in [0, 0.05) is 7.05 Å². The lowest BCUT2D eigenvalue weighted by atomic mass is 9.81. The molecule has 1 rings (SSSR count). The minimum absolute atomic E-state index is 0.0612. The van der Waals surface area contributed by atoms with Crippen LogP contribution in [0.15, 0.2) is 0 Å². The lowest BCUT2D eigenvalue weighted by Crippen LogP contribution is -2.42. The van der Waals surface area contributed by atoms with Gasteiger partial charge >= 0.3 is 0 Å². The summed E-state index contributed by atoms with van der Waals surface area (Å²) >= 11 is 0. The number of amides is 1. The molecule has 0 heterocycles. The highest BCUT2D eigenvalue weighted by Crippen LogP contribution is 2.30. The molecule has 1 fully saturated rings. The van der Waals surface area contributed by atoms with Crippen LogP contribution in [0.3, 0.4) is 0 Å². The predicted octanol–water partition coefficient (Wildman–Crippen LogP) is 1.93. The summed E-state index contributed by atoms with van der Waals surface area (Å²) < 4.78 is 0. The Balaban J connectivity index is 2.17. The van der Waals surface area contributed by atoms with Gasteiger partial charge in [0.15, 0.2) is 0 Å². The molecule has 0 radical (unpaired) electrons. The molecule has 0 aliphatic heterocycles. The van der Waals surface area contributed by atoms with E-state index >= 15 is 0 Å². The summed E-state index contributed by atoms with van der Waals surface area (Å²) in [6.07, 6.45) is 6.72. The number of rotatable bonds is 5. The molecule has 1 aliphatic rings. The maximum Gasteiger partial charge on any atom is 0.236 e. The van der Waals surface area contributed by atoms with E-state index in [9.17, 15) is 4.79 Å². The molecule has 0 aromatic heterocycles. The van der Waals surface area contributed by atoms with Crippen LogP contribution in [0.5, 0.6) is 0 Å². The van der Waals surface area contributed by atoms with Crippen molar-refractivity contribution in [2.45, 2.75) is 52.0 Å². The summed E-state index contributed by atoms with van der Waals surface area (Å²) in [7, 11) is 1.69. The number of likely N-dealkylation sites (N-methyl/N-ethyl adjacent to an activating group) is 1. The third-order valence-corrected chi connectivity index (χ3v) is 3.90. The Kier molecular flexibility index (Phi) is 5.81. The number of nitrogens with one attached hydrogen (secondary N) is 2. The SMILES string of the molecule is CCC1CCC(CNC(C)C(=O)NC)CC1. The number of carbonyl (C=O) groups excluding carboxylic acids is 1. The molecule has 0 aromatic carbocycles. The van der Waals surface area contributed by atoms with Crippen molar-refractivity contribution in [2.24, 2.45) is 11.8 Å². The molecular formula is C13H26N2O. The van der Waals surface area contributed by atoms with E-state index in [-0.39, 0.29) is 11.9 Å². The van der Waals surface area contributed by atoms with Crippen LogP contribution in [0.2, 0.25) is 0 Å². The maximum absolute atomic E-state index is 11.3. The maximum atomic E-state index is 11.3. The smallest absolute Gasteiger partial charge is 0.236 e. The molecule has 1 unspecified atom stereocenters. The Morgan fingerprint density at radius 3 is 2.31 bits per heavy atom. The molecule has 0 aromatic rings. The van der Waals surface area contributed by atoms with Crippen molar-refractivity contribution >= 4 is 5.91 Å². The molecule has 1 amide bonds. The molecule has 1 aliphatic carbocycles. The van der Waals surface area contributed by atoms with Crippen molar-refractivity contribution in [3.05, 3.63) is 0 Å². The second-order valence-electron chi connectivity index (χ2n) is 5.04. The third kappa shape index (κ3) is 4.12. The van der Waals surface area contributed by atoms with Gasteiger partial charge in [-0.25, -0.2) is 0 Å².